The number of carbonyl (C=O) groups is 1. The van der Waals surface area contributed by atoms with Crippen LogP contribution >= 0.6 is 22.9 Å². The molecule has 0 spiro atoms. The van der Waals surface area contributed by atoms with Crippen molar-refractivity contribution >= 4 is 49.7 Å². The molecule has 33 heavy (non-hydrogen) atoms. The number of sulfonamides is 1. The number of rotatable bonds is 7. The van der Waals surface area contributed by atoms with Gasteiger partial charge in [0.2, 0.25) is 15.9 Å². The minimum Gasteiger partial charge on any atom is -0.325 e. The van der Waals surface area contributed by atoms with Crippen LogP contribution in [0, 0.1) is 12.7 Å². The minimum absolute atomic E-state index is 0.222. The number of nitrogens with one attached hydrogen (secondary N) is 2. The second kappa shape index (κ2) is 8.66. The molecule has 1 amide bonds. The summed E-state index contributed by atoms with van der Waals surface area (Å²) in [5.41, 5.74) is 1.18. The zero-order valence-corrected chi connectivity index (χ0v) is 20.5. The van der Waals surface area contributed by atoms with E-state index in [1.807, 2.05) is 0 Å². The van der Waals surface area contributed by atoms with Crippen LogP contribution in [0.4, 0.5) is 15.2 Å². The Morgan fingerprint density at radius 1 is 1.24 bits per heavy atom. The molecule has 174 valence electrons. The van der Waals surface area contributed by atoms with E-state index in [4.69, 9.17) is 11.6 Å². The maximum atomic E-state index is 14.9. The zero-order valence-electron chi connectivity index (χ0n) is 18.1. The van der Waals surface area contributed by atoms with Crippen LogP contribution in [-0.4, -0.2) is 29.5 Å². The van der Waals surface area contributed by atoms with Crippen LogP contribution in [0.2, 0.25) is 5.02 Å². The molecule has 0 atom stereocenters. The van der Waals surface area contributed by atoms with Gasteiger partial charge in [0, 0.05) is 34.6 Å². The Morgan fingerprint density at radius 2 is 1.97 bits per heavy atom. The maximum absolute atomic E-state index is 14.9. The standard InChI is InChI=1S/C22H22ClFN4O3S2/c1-12-6-16(13-7-14(23)10-25-9-13)17(24)8-18(12)26-20(29)22(2,3)19-11-32-21(27-19)28-33(30,31)15-4-5-15/h6-11,15H,4-5H2,1-3H3,(H,26,29)(H,27,28). The molecule has 4 rings (SSSR count). The smallest absolute Gasteiger partial charge is 0.237 e. The monoisotopic (exact) mass is 508 g/mol. The number of nitrogens with zero attached hydrogens (tertiary/aromatic N) is 2. The first kappa shape index (κ1) is 23.6. The number of amides is 1. The Hall–Kier alpha value is -2.56. The summed E-state index contributed by atoms with van der Waals surface area (Å²) in [5, 5.41) is 4.66. The lowest BCUT2D eigenvalue weighted by Crippen LogP contribution is -2.35. The van der Waals surface area contributed by atoms with Crippen LogP contribution in [-0.2, 0) is 20.2 Å². The summed E-state index contributed by atoms with van der Waals surface area (Å²) in [6, 6.07) is 4.50. The summed E-state index contributed by atoms with van der Waals surface area (Å²) in [4.78, 5) is 21.4. The van der Waals surface area contributed by atoms with E-state index < -0.39 is 27.2 Å². The number of anilines is 2. The van der Waals surface area contributed by atoms with Crippen LogP contribution in [0.25, 0.3) is 11.1 Å². The number of aromatic nitrogens is 2. The van der Waals surface area contributed by atoms with Crippen LogP contribution in [0.3, 0.4) is 0 Å². The molecule has 1 fully saturated rings. The van der Waals surface area contributed by atoms with Gasteiger partial charge >= 0.3 is 0 Å². The van der Waals surface area contributed by atoms with Gasteiger partial charge in [-0.2, -0.15) is 0 Å². The van der Waals surface area contributed by atoms with E-state index in [1.165, 1.54) is 18.5 Å². The number of benzene rings is 1. The molecule has 1 aromatic carbocycles. The van der Waals surface area contributed by atoms with Gasteiger partial charge in [-0.25, -0.2) is 17.8 Å². The molecular formula is C22H22ClFN4O3S2. The lowest BCUT2D eigenvalue weighted by atomic mass is 9.88. The fourth-order valence-electron chi connectivity index (χ4n) is 3.18. The van der Waals surface area contributed by atoms with E-state index in [0.717, 1.165) is 11.3 Å². The molecule has 7 nitrogen and oxygen atoms in total. The zero-order chi connectivity index (χ0) is 24.0. The summed E-state index contributed by atoms with van der Waals surface area (Å²) in [7, 11) is -3.44. The minimum atomic E-state index is -3.44. The van der Waals surface area contributed by atoms with Gasteiger partial charge in [-0.15, -0.1) is 11.3 Å². The van der Waals surface area contributed by atoms with Gasteiger partial charge in [-0.1, -0.05) is 11.6 Å². The SMILES string of the molecule is Cc1cc(-c2cncc(Cl)c2)c(F)cc1NC(=O)C(C)(C)c1csc(NS(=O)(=O)C2CC2)n1. The molecule has 0 bridgehead atoms. The molecule has 2 heterocycles. The third kappa shape index (κ3) is 5.02. The molecule has 0 saturated heterocycles. The third-order valence-electron chi connectivity index (χ3n) is 5.48. The fourth-order valence-corrected chi connectivity index (χ4v) is 5.83. The highest BCUT2D eigenvalue weighted by atomic mass is 35.5. The lowest BCUT2D eigenvalue weighted by Gasteiger charge is -2.22. The van der Waals surface area contributed by atoms with Crippen molar-refractivity contribution in [3.05, 3.63) is 58.1 Å². The average molecular weight is 509 g/mol. The molecule has 3 aromatic rings. The maximum Gasteiger partial charge on any atom is 0.237 e. The lowest BCUT2D eigenvalue weighted by molar-refractivity contribution is -0.120. The predicted octanol–water partition coefficient (Wildman–Crippen LogP) is 5.13. The van der Waals surface area contributed by atoms with E-state index in [-0.39, 0.29) is 10.4 Å². The molecule has 0 aliphatic heterocycles. The van der Waals surface area contributed by atoms with E-state index >= 15 is 0 Å². The molecule has 1 aliphatic carbocycles. The van der Waals surface area contributed by atoms with Gasteiger partial charge in [0.25, 0.3) is 0 Å². The van der Waals surface area contributed by atoms with Crippen molar-refractivity contribution in [2.24, 2.45) is 0 Å². The summed E-state index contributed by atoms with van der Waals surface area (Å²) in [6.07, 6.45) is 4.27. The Balaban J connectivity index is 1.53. The number of thiazole rings is 1. The van der Waals surface area contributed by atoms with Crippen LogP contribution in [0.5, 0.6) is 0 Å². The van der Waals surface area contributed by atoms with Gasteiger partial charge in [-0.3, -0.25) is 14.5 Å². The summed E-state index contributed by atoms with van der Waals surface area (Å²) < 4.78 is 41.6. The Morgan fingerprint density at radius 3 is 2.64 bits per heavy atom. The van der Waals surface area contributed by atoms with E-state index in [9.17, 15) is 17.6 Å². The topological polar surface area (TPSA) is 101 Å². The van der Waals surface area contributed by atoms with E-state index in [0.29, 0.717) is 45.9 Å². The van der Waals surface area contributed by atoms with Gasteiger partial charge < -0.3 is 5.32 Å². The highest BCUT2D eigenvalue weighted by Crippen LogP contribution is 2.34. The number of hydrogen-bond acceptors (Lipinski definition) is 6. The highest BCUT2D eigenvalue weighted by Gasteiger charge is 2.37. The number of aryl methyl sites for hydroxylation is 1. The molecule has 1 aliphatic rings. The summed E-state index contributed by atoms with van der Waals surface area (Å²) >= 11 is 7.09. The van der Waals surface area contributed by atoms with Gasteiger partial charge in [0.15, 0.2) is 5.13 Å². The van der Waals surface area contributed by atoms with Gasteiger partial charge in [0.05, 0.1) is 21.4 Å². The molecule has 11 heteroatoms. The van der Waals surface area contributed by atoms with Crippen molar-refractivity contribution in [3.8, 4) is 11.1 Å². The number of hydrogen-bond donors (Lipinski definition) is 2. The van der Waals surface area contributed by atoms with Gasteiger partial charge in [0.1, 0.15) is 5.82 Å². The molecule has 2 aromatic heterocycles. The first-order valence-corrected chi connectivity index (χ1v) is 13.0. The van der Waals surface area contributed by atoms with E-state index in [2.05, 4.69) is 20.0 Å². The third-order valence-corrected chi connectivity index (χ3v) is 8.40. The van der Waals surface area contributed by atoms with Crippen molar-refractivity contribution in [2.45, 2.75) is 44.3 Å². The Labute approximate surface area is 200 Å². The van der Waals surface area contributed by atoms with Crippen molar-refractivity contribution in [3.63, 3.8) is 0 Å². The first-order valence-electron chi connectivity index (χ1n) is 10.2. The predicted molar refractivity (Wildman–Crippen MR) is 129 cm³/mol. The van der Waals surface area contributed by atoms with Crippen molar-refractivity contribution in [1.82, 2.24) is 9.97 Å². The molecule has 0 unspecified atom stereocenters. The largest absolute Gasteiger partial charge is 0.325 e. The van der Waals surface area contributed by atoms with Crippen molar-refractivity contribution in [2.75, 3.05) is 10.0 Å². The van der Waals surface area contributed by atoms with Gasteiger partial charge in [-0.05, 0) is 57.4 Å². The van der Waals surface area contributed by atoms with Crippen LogP contribution in [0.1, 0.15) is 37.9 Å². The normalized spacial score (nSPS) is 14.2. The quantitative estimate of drug-likeness (QED) is 0.461. The second-order valence-corrected chi connectivity index (χ2v) is 11.8. The summed E-state index contributed by atoms with van der Waals surface area (Å²) in [5.74, 6) is -0.924. The molecule has 2 N–H and O–H groups in total. The average Bonchev–Trinajstić information content (AvgIpc) is 3.51. The Kier molecular flexibility index (Phi) is 6.19. The Bertz CT molecular complexity index is 1340. The molecular weight excluding hydrogens is 487 g/mol. The van der Waals surface area contributed by atoms with Crippen LogP contribution in [0.15, 0.2) is 36.0 Å². The molecule has 0 radical (unpaired) electrons. The highest BCUT2D eigenvalue weighted by molar-refractivity contribution is 7.93. The number of carbonyl (C=O) groups excluding carboxylic acids is 1. The fraction of sp³-hybridized carbons (Fsp3) is 0.318. The first-order chi connectivity index (χ1) is 15.5. The molecule has 1 saturated carbocycles. The van der Waals surface area contributed by atoms with Crippen molar-refractivity contribution < 1.29 is 17.6 Å². The second-order valence-electron chi connectivity index (χ2n) is 8.50. The summed E-state index contributed by atoms with van der Waals surface area (Å²) in [6.45, 7) is 5.11. The number of pyridine rings is 1. The number of halogens is 2. The van der Waals surface area contributed by atoms with Crippen LogP contribution < -0.4 is 10.0 Å². The van der Waals surface area contributed by atoms with Crippen molar-refractivity contribution in [1.29, 1.82) is 0 Å². The van der Waals surface area contributed by atoms with E-state index in [1.54, 1.807) is 38.3 Å².